The summed E-state index contributed by atoms with van der Waals surface area (Å²) in [5.41, 5.74) is 9.20. The van der Waals surface area contributed by atoms with Crippen LogP contribution in [0.4, 0.5) is 11.4 Å². The fraction of sp³-hybridized carbons (Fsp3) is 0.438. The standard InChI is InChI=1S/C16H21N3O/c1-2-19(11-12-5-4-10-20-12)15-8-7-14-13(16(15)17)6-3-9-18-14/h3,6-9,12H,2,4-5,10-11,17H2,1H3. The Morgan fingerprint density at radius 3 is 3.05 bits per heavy atom. The first-order valence-corrected chi connectivity index (χ1v) is 7.29. The summed E-state index contributed by atoms with van der Waals surface area (Å²) in [5.74, 6) is 0. The molecular weight excluding hydrogens is 250 g/mol. The average molecular weight is 271 g/mol. The fourth-order valence-electron chi connectivity index (χ4n) is 2.87. The zero-order chi connectivity index (χ0) is 13.9. The summed E-state index contributed by atoms with van der Waals surface area (Å²) in [5, 5.41) is 1.02. The molecule has 0 bridgehead atoms. The lowest BCUT2D eigenvalue weighted by atomic mass is 10.1. The molecule has 1 fully saturated rings. The van der Waals surface area contributed by atoms with Gasteiger partial charge in [-0.3, -0.25) is 4.98 Å². The first-order chi connectivity index (χ1) is 9.79. The molecule has 0 aliphatic carbocycles. The maximum atomic E-state index is 6.35. The molecule has 4 nitrogen and oxygen atoms in total. The van der Waals surface area contributed by atoms with Gasteiger partial charge in [0.1, 0.15) is 0 Å². The lowest BCUT2D eigenvalue weighted by Crippen LogP contribution is -2.32. The zero-order valence-corrected chi connectivity index (χ0v) is 11.9. The van der Waals surface area contributed by atoms with Crippen molar-refractivity contribution < 1.29 is 4.74 Å². The number of hydrogen-bond donors (Lipinski definition) is 1. The van der Waals surface area contributed by atoms with Gasteiger partial charge in [-0.05, 0) is 44.0 Å². The lowest BCUT2D eigenvalue weighted by molar-refractivity contribution is 0.116. The molecule has 0 amide bonds. The molecule has 0 saturated carbocycles. The molecule has 2 heterocycles. The second kappa shape index (κ2) is 5.67. The normalized spacial score (nSPS) is 18.6. The molecule has 0 radical (unpaired) electrons. The number of rotatable bonds is 4. The molecule has 1 aliphatic rings. The van der Waals surface area contributed by atoms with Gasteiger partial charge < -0.3 is 15.4 Å². The molecule has 4 heteroatoms. The quantitative estimate of drug-likeness (QED) is 0.869. The van der Waals surface area contributed by atoms with Crippen LogP contribution in [-0.2, 0) is 4.74 Å². The van der Waals surface area contributed by atoms with E-state index in [4.69, 9.17) is 10.5 Å². The highest BCUT2D eigenvalue weighted by Crippen LogP contribution is 2.31. The SMILES string of the molecule is CCN(CC1CCCO1)c1ccc2ncccc2c1N. The van der Waals surface area contributed by atoms with E-state index in [-0.39, 0.29) is 0 Å². The number of nitrogen functional groups attached to an aromatic ring is 1. The Kier molecular flexibility index (Phi) is 3.74. The van der Waals surface area contributed by atoms with Crippen LogP contribution in [0.1, 0.15) is 19.8 Å². The van der Waals surface area contributed by atoms with E-state index >= 15 is 0 Å². The molecule has 20 heavy (non-hydrogen) atoms. The molecule has 1 aromatic heterocycles. The van der Waals surface area contributed by atoms with Gasteiger partial charge in [-0.2, -0.15) is 0 Å². The second-order valence-electron chi connectivity index (χ2n) is 5.24. The minimum atomic E-state index is 0.332. The van der Waals surface area contributed by atoms with Gasteiger partial charge >= 0.3 is 0 Å². The van der Waals surface area contributed by atoms with E-state index in [1.807, 2.05) is 18.2 Å². The predicted octanol–water partition coefficient (Wildman–Crippen LogP) is 2.82. The van der Waals surface area contributed by atoms with E-state index in [9.17, 15) is 0 Å². The fourth-order valence-corrected chi connectivity index (χ4v) is 2.87. The number of aromatic nitrogens is 1. The summed E-state index contributed by atoms with van der Waals surface area (Å²) < 4.78 is 5.74. The molecule has 2 aromatic rings. The highest BCUT2D eigenvalue weighted by atomic mass is 16.5. The van der Waals surface area contributed by atoms with Crippen molar-refractivity contribution in [2.75, 3.05) is 30.3 Å². The molecule has 1 aromatic carbocycles. The van der Waals surface area contributed by atoms with Crippen molar-refractivity contribution in [2.45, 2.75) is 25.9 Å². The minimum Gasteiger partial charge on any atom is -0.396 e. The number of nitrogens with zero attached hydrogens (tertiary/aromatic N) is 2. The van der Waals surface area contributed by atoms with Crippen LogP contribution in [0.5, 0.6) is 0 Å². The molecule has 1 unspecified atom stereocenters. The number of nitrogens with two attached hydrogens (primary N) is 1. The Morgan fingerprint density at radius 1 is 1.40 bits per heavy atom. The van der Waals surface area contributed by atoms with E-state index in [1.54, 1.807) is 6.20 Å². The predicted molar refractivity (Wildman–Crippen MR) is 83.0 cm³/mol. The molecule has 0 spiro atoms. The molecule has 106 valence electrons. The topological polar surface area (TPSA) is 51.4 Å². The van der Waals surface area contributed by atoms with Crippen LogP contribution in [0, 0.1) is 0 Å². The summed E-state index contributed by atoms with van der Waals surface area (Å²) in [7, 11) is 0. The Labute approximate surface area is 119 Å². The molecule has 3 rings (SSSR count). The van der Waals surface area contributed by atoms with Gasteiger partial charge in [-0.1, -0.05) is 0 Å². The zero-order valence-electron chi connectivity index (χ0n) is 11.9. The third-order valence-corrected chi connectivity index (χ3v) is 3.97. The van der Waals surface area contributed by atoms with Crippen LogP contribution < -0.4 is 10.6 Å². The maximum Gasteiger partial charge on any atom is 0.0750 e. The Morgan fingerprint density at radius 2 is 2.30 bits per heavy atom. The number of hydrogen-bond acceptors (Lipinski definition) is 4. The lowest BCUT2D eigenvalue weighted by Gasteiger charge is -2.27. The third kappa shape index (κ3) is 2.43. The number of benzene rings is 1. The van der Waals surface area contributed by atoms with Crippen LogP contribution in [-0.4, -0.2) is 30.8 Å². The molecule has 1 saturated heterocycles. The Hall–Kier alpha value is -1.81. The van der Waals surface area contributed by atoms with Crippen molar-refractivity contribution in [1.82, 2.24) is 4.98 Å². The van der Waals surface area contributed by atoms with E-state index in [2.05, 4.69) is 22.9 Å². The van der Waals surface area contributed by atoms with Gasteiger partial charge in [-0.25, -0.2) is 0 Å². The summed E-state index contributed by atoms with van der Waals surface area (Å²) in [6.07, 6.45) is 4.44. The van der Waals surface area contributed by atoms with Crippen LogP contribution in [0.15, 0.2) is 30.5 Å². The van der Waals surface area contributed by atoms with Gasteiger partial charge in [0, 0.05) is 31.3 Å². The first-order valence-electron chi connectivity index (χ1n) is 7.29. The van der Waals surface area contributed by atoms with Crippen molar-refractivity contribution in [2.24, 2.45) is 0 Å². The molecule has 2 N–H and O–H groups in total. The Balaban J connectivity index is 1.92. The minimum absolute atomic E-state index is 0.332. The van der Waals surface area contributed by atoms with Crippen molar-refractivity contribution in [3.05, 3.63) is 30.5 Å². The van der Waals surface area contributed by atoms with Crippen molar-refractivity contribution in [3.8, 4) is 0 Å². The average Bonchev–Trinajstić information content (AvgIpc) is 2.99. The van der Waals surface area contributed by atoms with Crippen molar-refractivity contribution in [3.63, 3.8) is 0 Å². The highest BCUT2D eigenvalue weighted by molar-refractivity contribution is 5.97. The van der Waals surface area contributed by atoms with Gasteiger partial charge in [0.2, 0.25) is 0 Å². The summed E-state index contributed by atoms with van der Waals surface area (Å²) in [4.78, 5) is 6.65. The van der Waals surface area contributed by atoms with Crippen LogP contribution >= 0.6 is 0 Å². The second-order valence-corrected chi connectivity index (χ2v) is 5.24. The third-order valence-electron chi connectivity index (χ3n) is 3.97. The van der Waals surface area contributed by atoms with Gasteiger partial charge in [0.05, 0.1) is 23.0 Å². The summed E-state index contributed by atoms with van der Waals surface area (Å²) >= 11 is 0. The van der Waals surface area contributed by atoms with E-state index < -0.39 is 0 Å². The Bertz CT molecular complexity index is 593. The van der Waals surface area contributed by atoms with Crippen molar-refractivity contribution >= 4 is 22.3 Å². The van der Waals surface area contributed by atoms with E-state index in [1.165, 1.54) is 6.42 Å². The maximum absolute atomic E-state index is 6.35. The summed E-state index contributed by atoms with van der Waals surface area (Å²) in [6.45, 7) is 4.88. The molecular formula is C16H21N3O. The summed E-state index contributed by atoms with van der Waals surface area (Å²) in [6, 6.07) is 8.07. The number of pyridine rings is 1. The number of likely N-dealkylation sites (N-methyl/N-ethyl adjacent to an activating group) is 1. The first kappa shape index (κ1) is 13.2. The van der Waals surface area contributed by atoms with Crippen LogP contribution in [0.25, 0.3) is 10.9 Å². The highest BCUT2D eigenvalue weighted by Gasteiger charge is 2.20. The van der Waals surface area contributed by atoms with Crippen molar-refractivity contribution in [1.29, 1.82) is 0 Å². The monoisotopic (exact) mass is 271 g/mol. The number of ether oxygens (including phenoxy) is 1. The molecule has 1 atom stereocenters. The van der Waals surface area contributed by atoms with Gasteiger partial charge in [0.15, 0.2) is 0 Å². The van der Waals surface area contributed by atoms with Gasteiger partial charge in [-0.15, -0.1) is 0 Å². The largest absolute Gasteiger partial charge is 0.396 e. The molecule has 1 aliphatic heterocycles. The number of fused-ring (bicyclic) bond motifs is 1. The van der Waals surface area contributed by atoms with E-state index in [0.717, 1.165) is 48.4 Å². The smallest absolute Gasteiger partial charge is 0.0750 e. The van der Waals surface area contributed by atoms with Crippen LogP contribution in [0.3, 0.4) is 0 Å². The van der Waals surface area contributed by atoms with E-state index in [0.29, 0.717) is 6.10 Å². The van der Waals surface area contributed by atoms with Crippen LogP contribution in [0.2, 0.25) is 0 Å². The van der Waals surface area contributed by atoms with Gasteiger partial charge in [0.25, 0.3) is 0 Å². The number of anilines is 2.